The van der Waals surface area contributed by atoms with Crippen molar-refractivity contribution in [1.29, 1.82) is 0 Å². The third kappa shape index (κ3) is 2.43. The Morgan fingerprint density at radius 1 is 1.19 bits per heavy atom. The fourth-order valence-corrected chi connectivity index (χ4v) is 3.33. The Labute approximate surface area is 101 Å². The zero-order chi connectivity index (χ0) is 11.7. The van der Waals surface area contributed by atoms with E-state index in [9.17, 15) is 0 Å². The number of likely N-dealkylation sites (N-methyl/N-ethyl adjacent to an activating group) is 1. The van der Waals surface area contributed by atoms with Gasteiger partial charge < -0.3 is 5.32 Å². The molecule has 4 unspecified atom stereocenters. The minimum absolute atomic E-state index is 0.717. The van der Waals surface area contributed by atoms with Crippen molar-refractivity contribution in [2.24, 2.45) is 17.8 Å². The van der Waals surface area contributed by atoms with Crippen molar-refractivity contribution in [1.82, 2.24) is 10.2 Å². The molecule has 94 valence electrons. The van der Waals surface area contributed by atoms with E-state index in [0.717, 1.165) is 23.8 Å². The molecule has 2 heteroatoms. The average molecular weight is 224 g/mol. The summed E-state index contributed by atoms with van der Waals surface area (Å²) in [5, 5.41) is 3.49. The van der Waals surface area contributed by atoms with Crippen LogP contribution < -0.4 is 5.32 Å². The number of hydrogen-bond acceptors (Lipinski definition) is 2. The molecule has 1 heterocycles. The van der Waals surface area contributed by atoms with Crippen molar-refractivity contribution in [3.05, 3.63) is 0 Å². The van der Waals surface area contributed by atoms with Crippen LogP contribution in [0.2, 0.25) is 0 Å². The number of rotatable bonds is 3. The topological polar surface area (TPSA) is 15.3 Å². The van der Waals surface area contributed by atoms with Gasteiger partial charge in [0, 0.05) is 25.2 Å². The van der Waals surface area contributed by atoms with E-state index in [1.54, 1.807) is 0 Å². The first-order chi connectivity index (χ1) is 7.61. The Kier molecular flexibility index (Phi) is 3.91. The van der Waals surface area contributed by atoms with Crippen molar-refractivity contribution < 1.29 is 0 Å². The van der Waals surface area contributed by atoms with Gasteiger partial charge in [0.1, 0.15) is 0 Å². The summed E-state index contributed by atoms with van der Waals surface area (Å²) in [4.78, 5) is 2.77. The molecule has 2 rings (SSSR count). The maximum absolute atomic E-state index is 3.49. The molecular formula is C14H28N2. The highest BCUT2D eigenvalue weighted by atomic mass is 15.2. The van der Waals surface area contributed by atoms with Gasteiger partial charge in [-0.3, -0.25) is 4.90 Å². The summed E-state index contributed by atoms with van der Waals surface area (Å²) in [6, 6.07) is 1.60. The first-order valence-corrected chi connectivity index (χ1v) is 7.03. The highest BCUT2D eigenvalue weighted by molar-refractivity contribution is 4.93. The smallest absolute Gasteiger partial charge is 0.0195 e. The van der Waals surface area contributed by atoms with Gasteiger partial charge >= 0.3 is 0 Å². The second-order valence-electron chi connectivity index (χ2n) is 6.30. The van der Waals surface area contributed by atoms with Crippen LogP contribution in [0.25, 0.3) is 0 Å². The van der Waals surface area contributed by atoms with E-state index in [0.29, 0.717) is 6.04 Å². The third-order valence-electron chi connectivity index (χ3n) is 4.91. The van der Waals surface area contributed by atoms with E-state index >= 15 is 0 Å². The Bertz CT molecular complexity index is 227. The molecule has 2 fully saturated rings. The Balaban J connectivity index is 1.96. The predicted octanol–water partition coefficient (Wildman–Crippen LogP) is 2.35. The molecule has 0 aromatic rings. The maximum atomic E-state index is 3.49. The summed E-state index contributed by atoms with van der Waals surface area (Å²) in [5.74, 6) is 2.65. The fourth-order valence-electron chi connectivity index (χ4n) is 3.33. The van der Waals surface area contributed by atoms with Crippen LogP contribution in [0.5, 0.6) is 0 Å². The van der Waals surface area contributed by atoms with Gasteiger partial charge in [0.2, 0.25) is 0 Å². The third-order valence-corrected chi connectivity index (χ3v) is 4.91. The molecule has 0 radical (unpaired) electrons. The molecule has 1 N–H and O–H groups in total. The van der Waals surface area contributed by atoms with Crippen LogP contribution >= 0.6 is 0 Å². The number of likely N-dealkylation sites (tertiary alicyclic amines) is 1. The fraction of sp³-hybridized carbons (Fsp3) is 1.00. The van der Waals surface area contributed by atoms with Gasteiger partial charge in [-0.25, -0.2) is 0 Å². The lowest BCUT2D eigenvalue weighted by Gasteiger charge is -2.49. The number of nitrogens with zero attached hydrogens (tertiary/aromatic N) is 1. The van der Waals surface area contributed by atoms with Crippen LogP contribution in [-0.2, 0) is 0 Å². The molecule has 0 spiro atoms. The number of piperidine rings is 1. The molecule has 16 heavy (non-hydrogen) atoms. The molecule has 2 nitrogen and oxygen atoms in total. The van der Waals surface area contributed by atoms with Crippen LogP contribution in [0.1, 0.15) is 40.0 Å². The van der Waals surface area contributed by atoms with Gasteiger partial charge in [0.05, 0.1) is 0 Å². The second kappa shape index (κ2) is 5.05. The van der Waals surface area contributed by atoms with Gasteiger partial charge in [-0.1, -0.05) is 20.8 Å². The molecule has 0 bridgehead atoms. The maximum Gasteiger partial charge on any atom is 0.0195 e. The first-order valence-electron chi connectivity index (χ1n) is 7.03. The van der Waals surface area contributed by atoms with E-state index in [2.05, 4.69) is 38.0 Å². The minimum atomic E-state index is 0.717. The molecule has 1 saturated heterocycles. The quantitative estimate of drug-likeness (QED) is 0.791. The molecule has 2 aliphatic rings. The van der Waals surface area contributed by atoms with Crippen molar-refractivity contribution >= 4 is 0 Å². The highest BCUT2D eigenvalue weighted by Crippen LogP contribution is 2.35. The summed E-state index contributed by atoms with van der Waals surface area (Å²) >= 11 is 0. The van der Waals surface area contributed by atoms with Gasteiger partial charge in [0.25, 0.3) is 0 Å². The molecule has 0 aromatic heterocycles. The van der Waals surface area contributed by atoms with Gasteiger partial charge in [-0.2, -0.15) is 0 Å². The standard InChI is InChI=1S/C14H28N2/c1-10(2)12-7-13(15-4)9-16(8-12)14-6-5-11(14)3/h10-15H,5-9H2,1-4H3. The van der Waals surface area contributed by atoms with E-state index < -0.39 is 0 Å². The molecule has 1 aliphatic heterocycles. The summed E-state index contributed by atoms with van der Waals surface area (Å²) in [5.41, 5.74) is 0. The van der Waals surface area contributed by atoms with E-state index in [4.69, 9.17) is 0 Å². The molecule has 1 saturated carbocycles. The van der Waals surface area contributed by atoms with Crippen LogP contribution in [0, 0.1) is 17.8 Å². The molecule has 0 amide bonds. The highest BCUT2D eigenvalue weighted by Gasteiger charge is 2.37. The number of nitrogens with one attached hydrogen (secondary N) is 1. The summed E-state index contributed by atoms with van der Waals surface area (Å²) in [7, 11) is 2.12. The van der Waals surface area contributed by atoms with Crippen molar-refractivity contribution in [2.45, 2.75) is 52.1 Å². The van der Waals surface area contributed by atoms with Crippen LogP contribution in [-0.4, -0.2) is 37.1 Å². The SMILES string of the molecule is CNC1CC(C(C)C)CN(C2CCC2C)C1. The lowest BCUT2D eigenvalue weighted by Crippen LogP contribution is -2.56. The van der Waals surface area contributed by atoms with E-state index in [1.807, 2.05) is 0 Å². The predicted molar refractivity (Wildman–Crippen MR) is 69.6 cm³/mol. The van der Waals surface area contributed by atoms with Gasteiger partial charge in [-0.15, -0.1) is 0 Å². The Hall–Kier alpha value is -0.0800. The van der Waals surface area contributed by atoms with Crippen molar-refractivity contribution in [2.75, 3.05) is 20.1 Å². The minimum Gasteiger partial charge on any atom is -0.316 e. The zero-order valence-electron chi connectivity index (χ0n) is 11.4. The van der Waals surface area contributed by atoms with E-state index in [-0.39, 0.29) is 0 Å². The van der Waals surface area contributed by atoms with Crippen LogP contribution in [0.15, 0.2) is 0 Å². The monoisotopic (exact) mass is 224 g/mol. The summed E-state index contributed by atoms with van der Waals surface area (Å²) < 4.78 is 0. The Morgan fingerprint density at radius 3 is 2.38 bits per heavy atom. The van der Waals surface area contributed by atoms with Crippen LogP contribution in [0.4, 0.5) is 0 Å². The van der Waals surface area contributed by atoms with E-state index in [1.165, 1.54) is 32.4 Å². The van der Waals surface area contributed by atoms with Crippen molar-refractivity contribution in [3.63, 3.8) is 0 Å². The van der Waals surface area contributed by atoms with Gasteiger partial charge in [-0.05, 0) is 44.1 Å². The van der Waals surface area contributed by atoms with Crippen molar-refractivity contribution in [3.8, 4) is 0 Å². The lowest BCUT2D eigenvalue weighted by molar-refractivity contribution is 0.0144. The average Bonchev–Trinajstić information content (AvgIpc) is 2.26. The van der Waals surface area contributed by atoms with Crippen LogP contribution in [0.3, 0.4) is 0 Å². The molecule has 0 aromatic carbocycles. The Morgan fingerprint density at radius 2 is 1.94 bits per heavy atom. The lowest BCUT2D eigenvalue weighted by atomic mass is 9.77. The zero-order valence-corrected chi connectivity index (χ0v) is 11.4. The summed E-state index contributed by atoms with van der Waals surface area (Å²) in [6.45, 7) is 9.79. The molecule has 1 aliphatic carbocycles. The molecule has 4 atom stereocenters. The largest absolute Gasteiger partial charge is 0.316 e. The van der Waals surface area contributed by atoms with Gasteiger partial charge in [0.15, 0.2) is 0 Å². The summed E-state index contributed by atoms with van der Waals surface area (Å²) in [6.07, 6.45) is 4.24. The normalized spacial score (nSPS) is 41.1. The second-order valence-corrected chi connectivity index (χ2v) is 6.30. The molecular weight excluding hydrogens is 196 g/mol. The first kappa shape index (κ1) is 12.4. The number of hydrogen-bond donors (Lipinski definition) is 1.